The molecule has 1 rings (SSSR count). The van der Waals surface area contributed by atoms with Gasteiger partial charge in [-0.25, -0.2) is 0 Å². The number of benzene rings is 1. The van der Waals surface area contributed by atoms with Crippen molar-refractivity contribution in [1.82, 2.24) is 4.90 Å². The highest BCUT2D eigenvalue weighted by molar-refractivity contribution is 5.95. The molecule has 1 amide bonds. The Labute approximate surface area is 170 Å². The fraction of sp³-hybridized carbons (Fsp3) is 0.652. The van der Waals surface area contributed by atoms with Crippen LogP contribution in [0.5, 0.6) is 0 Å². The summed E-state index contributed by atoms with van der Waals surface area (Å²) in [5.74, 6) is -0.0665. The van der Waals surface area contributed by atoms with Gasteiger partial charge < -0.3 is 14.7 Å². The predicted octanol–water partition coefficient (Wildman–Crippen LogP) is 4.74. The van der Waals surface area contributed by atoms with Gasteiger partial charge in [-0.05, 0) is 71.6 Å². The number of nitrogens with zero attached hydrogens (tertiary/aromatic N) is 1. The van der Waals surface area contributed by atoms with E-state index in [2.05, 4.69) is 13.8 Å². The number of aliphatic hydroxyl groups is 1. The molecular weight excluding hydrogens is 354 g/mol. The zero-order valence-electron chi connectivity index (χ0n) is 18.7. The molecule has 1 aromatic rings. The van der Waals surface area contributed by atoms with Crippen LogP contribution in [0.15, 0.2) is 24.3 Å². The summed E-state index contributed by atoms with van der Waals surface area (Å²) >= 11 is 0. The van der Waals surface area contributed by atoms with Gasteiger partial charge in [-0.1, -0.05) is 26.0 Å². The Balaban J connectivity index is 2.89. The number of carbonyl (C=O) groups excluding carboxylic acids is 2. The Morgan fingerprint density at radius 1 is 1.04 bits per heavy atom. The Morgan fingerprint density at radius 3 is 2.00 bits per heavy atom. The quantitative estimate of drug-likeness (QED) is 0.682. The number of aliphatic hydroxyl groups excluding tert-OH is 1. The second-order valence-electron chi connectivity index (χ2n) is 9.73. The van der Waals surface area contributed by atoms with E-state index in [1.165, 1.54) is 0 Å². The van der Waals surface area contributed by atoms with Crippen molar-refractivity contribution in [3.05, 3.63) is 35.4 Å². The van der Waals surface area contributed by atoms with Crippen LogP contribution in [0.2, 0.25) is 0 Å². The first-order valence-corrected chi connectivity index (χ1v) is 10.0. The van der Waals surface area contributed by atoms with Crippen LogP contribution in [0.1, 0.15) is 90.3 Å². The summed E-state index contributed by atoms with van der Waals surface area (Å²) in [4.78, 5) is 26.8. The zero-order chi connectivity index (χ0) is 21.7. The molecule has 0 radical (unpaired) electrons. The number of ether oxygens (including phenoxy) is 1. The normalized spacial score (nSPS) is 13.4. The molecule has 1 atom stereocenters. The lowest BCUT2D eigenvalue weighted by Gasteiger charge is -2.36. The lowest BCUT2D eigenvalue weighted by atomic mass is 9.98. The minimum absolute atomic E-state index is 0.138. The van der Waals surface area contributed by atoms with Crippen LogP contribution >= 0.6 is 0 Å². The van der Waals surface area contributed by atoms with E-state index in [1.54, 1.807) is 29.2 Å². The minimum atomic E-state index is -0.541. The average Bonchev–Trinajstić information content (AvgIpc) is 2.51. The van der Waals surface area contributed by atoms with Crippen molar-refractivity contribution >= 4 is 11.9 Å². The summed E-state index contributed by atoms with van der Waals surface area (Å²) in [6.45, 7) is 15.7. The van der Waals surface area contributed by atoms with Gasteiger partial charge in [-0.3, -0.25) is 9.59 Å². The Bertz CT molecular complexity index is 651. The van der Waals surface area contributed by atoms with Crippen LogP contribution in [0.3, 0.4) is 0 Å². The van der Waals surface area contributed by atoms with E-state index in [0.717, 1.165) is 5.56 Å². The molecule has 0 saturated heterocycles. The number of rotatable bonds is 7. The molecular formula is C23H37NO4. The van der Waals surface area contributed by atoms with Crippen LogP contribution in [-0.4, -0.2) is 39.6 Å². The van der Waals surface area contributed by atoms with E-state index in [0.29, 0.717) is 17.9 Å². The average molecular weight is 392 g/mol. The maximum atomic E-state index is 13.1. The van der Waals surface area contributed by atoms with Crippen molar-refractivity contribution < 1.29 is 19.4 Å². The minimum Gasteiger partial charge on any atom is -0.460 e. The highest BCUT2D eigenvalue weighted by atomic mass is 16.6. The van der Waals surface area contributed by atoms with Gasteiger partial charge in [0.05, 0.1) is 12.5 Å². The molecule has 0 aliphatic carbocycles. The van der Waals surface area contributed by atoms with Crippen LogP contribution in [0.4, 0.5) is 0 Å². The lowest BCUT2D eigenvalue weighted by molar-refractivity contribution is -0.155. The maximum Gasteiger partial charge on any atom is 0.308 e. The van der Waals surface area contributed by atoms with E-state index in [9.17, 15) is 14.7 Å². The van der Waals surface area contributed by atoms with Crippen LogP contribution in [0, 0.1) is 5.92 Å². The van der Waals surface area contributed by atoms with Crippen molar-refractivity contribution in [2.45, 2.75) is 85.5 Å². The number of hydrogen-bond donors (Lipinski definition) is 1. The maximum absolute atomic E-state index is 13.1. The first-order chi connectivity index (χ1) is 12.7. The SMILES string of the molecule is CC(C)CC(O)c1ccc(C(=O)N(CCC(=O)OC(C)(C)C)C(C)(C)C)cc1. The van der Waals surface area contributed by atoms with Crippen molar-refractivity contribution in [2.24, 2.45) is 5.92 Å². The van der Waals surface area contributed by atoms with Gasteiger partial charge >= 0.3 is 5.97 Å². The van der Waals surface area contributed by atoms with Crippen molar-refractivity contribution in [1.29, 1.82) is 0 Å². The van der Waals surface area contributed by atoms with E-state index in [4.69, 9.17) is 4.74 Å². The highest BCUT2D eigenvalue weighted by Gasteiger charge is 2.28. The van der Waals surface area contributed by atoms with Gasteiger partial charge in [-0.2, -0.15) is 0 Å². The molecule has 158 valence electrons. The van der Waals surface area contributed by atoms with E-state index in [1.807, 2.05) is 41.5 Å². The highest BCUT2D eigenvalue weighted by Crippen LogP contribution is 2.23. The Kier molecular flexibility index (Phi) is 8.24. The van der Waals surface area contributed by atoms with E-state index in [-0.39, 0.29) is 24.8 Å². The monoisotopic (exact) mass is 391 g/mol. The smallest absolute Gasteiger partial charge is 0.308 e. The standard InChI is InChI=1S/C23H37NO4/c1-16(2)15-19(25)17-9-11-18(12-10-17)21(27)24(22(3,4)5)14-13-20(26)28-23(6,7)8/h9-12,16,19,25H,13-15H2,1-8H3. The van der Waals surface area contributed by atoms with Gasteiger partial charge in [0, 0.05) is 17.6 Å². The van der Waals surface area contributed by atoms with Gasteiger partial charge in [0.1, 0.15) is 5.60 Å². The van der Waals surface area contributed by atoms with Crippen LogP contribution in [0.25, 0.3) is 0 Å². The first kappa shape index (κ1) is 24.2. The third-order valence-corrected chi connectivity index (χ3v) is 4.25. The van der Waals surface area contributed by atoms with Gasteiger partial charge in [0.2, 0.25) is 0 Å². The fourth-order valence-corrected chi connectivity index (χ4v) is 2.92. The molecule has 0 aliphatic heterocycles. The molecule has 0 aromatic heterocycles. The molecule has 0 aliphatic rings. The predicted molar refractivity (Wildman–Crippen MR) is 112 cm³/mol. The molecule has 1 N–H and O–H groups in total. The number of amides is 1. The Hall–Kier alpha value is -1.88. The molecule has 0 bridgehead atoms. The largest absolute Gasteiger partial charge is 0.460 e. The van der Waals surface area contributed by atoms with Crippen molar-refractivity contribution in [3.63, 3.8) is 0 Å². The van der Waals surface area contributed by atoms with Gasteiger partial charge in [-0.15, -0.1) is 0 Å². The van der Waals surface area contributed by atoms with E-state index < -0.39 is 17.2 Å². The topological polar surface area (TPSA) is 66.8 Å². The van der Waals surface area contributed by atoms with Crippen molar-refractivity contribution in [3.8, 4) is 0 Å². The van der Waals surface area contributed by atoms with Crippen molar-refractivity contribution in [2.75, 3.05) is 6.54 Å². The number of carbonyl (C=O) groups is 2. The molecule has 5 heteroatoms. The molecule has 0 fully saturated rings. The first-order valence-electron chi connectivity index (χ1n) is 10.0. The van der Waals surface area contributed by atoms with E-state index >= 15 is 0 Å². The van der Waals surface area contributed by atoms with Crippen LogP contribution in [-0.2, 0) is 9.53 Å². The summed E-state index contributed by atoms with van der Waals surface area (Å²) < 4.78 is 5.36. The van der Waals surface area contributed by atoms with Crippen LogP contribution < -0.4 is 0 Å². The summed E-state index contributed by atoms with van der Waals surface area (Å²) in [6.07, 6.45) is 0.290. The second-order valence-corrected chi connectivity index (χ2v) is 9.73. The number of hydrogen-bond acceptors (Lipinski definition) is 4. The summed E-state index contributed by atoms with van der Waals surface area (Å²) in [5, 5.41) is 10.3. The molecule has 0 saturated carbocycles. The summed E-state index contributed by atoms with van der Waals surface area (Å²) in [7, 11) is 0. The molecule has 28 heavy (non-hydrogen) atoms. The third kappa shape index (κ3) is 8.01. The number of esters is 1. The summed E-state index contributed by atoms with van der Waals surface area (Å²) in [5.41, 5.74) is 0.371. The molecule has 0 heterocycles. The second kappa shape index (κ2) is 9.55. The van der Waals surface area contributed by atoms with Gasteiger partial charge in [0.25, 0.3) is 5.91 Å². The molecule has 5 nitrogen and oxygen atoms in total. The molecule has 1 unspecified atom stereocenters. The third-order valence-electron chi connectivity index (χ3n) is 4.25. The molecule has 1 aromatic carbocycles. The lowest BCUT2D eigenvalue weighted by Crippen LogP contribution is -2.46. The fourth-order valence-electron chi connectivity index (χ4n) is 2.92. The summed E-state index contributed by atoms with van der Waals surface area (Å²) in [6, 6.07) is 7.09. The zero-order valence-corrected chi connectivity index (χ0v) is 18.7. The van der Waals surface area contributed by atoms with Gasteiger partial charge in [0.15, 0.2) is 0 Å². The Morgan fingerprint density at radius 2 is 1.57 bits per heavy atom. The molecule has 0 spiro atoms.